The number of nitrogens with zero attached hydrogens (tertiary/aromatic N) is 1. The van der Waals surface area contributed by atoms with Gasteiger partial charge in [-0.2, -0.15) is 5.26 Å². The Morgan fingerprint density at radius 1 is 1.60 bits per heavy atom. The summed E-state index contributed by atoms with van der Waals surface area (Å²) in [6.07, 6.45) is 0.662. The van der Waals surface area contributed by atoms with E-state index in [1.54, 1.807) is 0 Å². The van der Waals surface area contributed by atoms with Crippen LogP contribution in [0.4, 0.5) is 0 Å². The van der Waals surface area contributed by atoms with Crippen molar-refractivity contribution >= 4 is 41.2 Å². The first-order valence-electron chi connectivity index (χ1n) is 2.27. The Kier molecular flexibility index (Phi) is 2.27. The molecule has 0 radical (unpaired) electrons. The van der Waals surface area contributed by atoms with Gasteiger partial charge in [-0.3, -0.25) is 4.79 Å². The van der Waals surface area contributed by atoms with Crippen molar-refractivity contribution in [2.75, 3.05) is 0 Å². The highest BCUT2D eigenvalue weighted by atomic mass is 32.2. The van der Waals surface area contributed by atoms with Crippen LogP contribution in [0.1, 0.15) is 14.5 Å². The molecule has 0 amide bonds. The fraction of sp³-hybridized carbons (Fsp3) is 0. The Bertz CT molecular complexity index is 343. The van der Waals surface area contributed by atoms with Crippen molar-refractivity contribution in [1.82, 2.24) is 0 Å². The number of hydrogen-bond acceptors (Lipinski definition) is 5. The highest BCUT2D eigenvalue weighted by Gasteiger charge is 2.03. The molecule has 0 atom stereocenters. The topological polar surface area (TPSA) is 40.9 Å². The highest BCUT2D eigenvalue weighted by Crippen LogP contribution is 2.21. The first-order valence-corrected chi connectivity index (χ1v) is 4.31. The molecular weight excluding hydrogens is 186 g/mol. The number of carbonyl (C=O) groups is 1. The van der Waals surface area contributed by atoms with Crippen LogP contribution in [-0.2, 0) is 0 Å². The number of carbonyl (C=O) groups excluding carboxylic acids is 1. The van der Waals surface area contributed by atoms with E-state index in [1.807, 2.05) is 6.07 Å². The Morgan fingerprint density at radius 2 is 2.30 bits per heavy atom. The van der Waals surface area contributed by atoms with Gasteiger partial charge in [-0.05, 0) is 0 Å². The maximum atomic E-state index is 10.2. The molecule has 0 saturated carbocycles. The third-order valence-corrected chi connectivity index (χ3v) is 3.31. The van der Waals surface area contributed by atoms with Gasteiger partial charge in [0.25, 0.3) is 0 Å². The minimum atomic E-state index is 0.421. The lowest BCUT2D eigenvalue weighted by Gasteiger charge is -1.74. The summed E-state index contributed by atoms with van der Waals surface area (Å²) in [5, 5.41) is 8.42. The standard InChI is InChI=1S/C5HNOS3/c6-1-3-4(2-7)10-5(8)9-3/h2H. The monoisotopic (exact) mass is 187 g/mol. The van der Waals surface area contributed by atoms with Crippen molar-refractivity contribution in [2.24, 2.45) is 0 Å². The minimum absolute atomic E-state index is 0.421. The van der Waals surface area contributed by atoms with Crippen LogP contribution >= 0.6 is 34.9 Å². The Hall–Kier alpha value is -0.570. The molecule has 0 unspecified atom stereocenters. The molecule has 0 saturated heterocycles. The van der Waals surface area contributed by atoms with E-state index in [1.165, 1.54) is 22.7 Å². The van der Waals surface area contributed by atoms with Crippen LogP contribution in [0.25, 0.3) is 0 Å². The molecule has 5 heteroatoms. The molecule has 1 heterocycles. The molecule has 0 aromatic carbocycles. The second kappa shape index (κ2) is 3.01. The smallest absolute Gasteiger partial charge is 0.162 e. The van der Waals surface area contributed by atoms with E-state index in [0.29, 0.717) is 19.2 Å². The Balaban J connectivity index is 3.38. The maximum Gasteiger partial charge on any atom is 0.162 e. The van der Waals surface area contributed by atoms with E-state index in [2.05, 4.69) is 0 Å². The molecule has 10 heavy (non-hydrogen) atoms. The molecule has 1 aromatic heterocycles. The zero-order valence-electron chi connectivity index (χ0n) is 4.66. The Morgan fingerprint density at radius 3 is 2.70 bits per heavy atom. The van der Waals surface area contributed by atoms with Crippen molar-refractivity contribution in [2.45, 2.75) is 0 Å². The average molecular weight is 187 g/mol. The van der Waals surface area contributed by atoms with Crippen molar-refractivity contribution in [3.05, 3.63) is 12.9 Å². The quantitative estimate of drug-likeness (QED) is 0.500. The van der Waals surface area contributed by atoms with Crippen LogP contribution < -0.4 is 0 Å². The van der Waals surface area contributed by atoms with E-state index >= 15 is 0 Å². The van der Waals surface area contributed by atoms with Crippen LogP contribution in [-0.4, -0.2) is 6.29 Å². The summed E-state index contributed by atoms with van der Waals surface area (Å²) in [6, 6.07) is 1.90. The molecule has 1 rings (SSSR count). The fourth-order valence-electron chi connectivity index (χ4n) is 0.446. The maximum absolute atomic E-state index is 10.2. The van der Waals surface area contributed by atoms with E-state index in [9.17, 15) is 4.79 Å². The number of rotatable bonds is 1. The molecule has 0 aliphatic rings. The summed E-state index contributed by atoms with van der Waals surface area (Å²) in [6.45, 7) is 0. The third-order valence-electron chi connectivity index (χ3n) is 0.811. The fourth-order valence-corrected chi connectivity index (χ4v) is 2.63. The van der Waals surface area contributed by atoms with Gasteiger partial charge in [-0.1, -0.05) is 12.2 Å². The molecular formula is C5HNOS3. The van der Waals surface area contributed by atoms with Gasteiger partial charge in [0, 0.05) is 0 Å². The third kappa shape index (κ3) is 1.29. The van der Waals surface area contributed by atoms with Crippen LogP contribution in [0, 0.1) is 14.5 Å². The van der Waals surface area contributed by atoms with E-state index < -0.39 is 0 Å². The molecule has 0 N–H and O–H groups in total. The first-order chi connectivity index (χ1) is 4.77. The summed E-state index contributed by atoms with van der Waals surface area (Å²) in [5.41, 5.74) is 0. The molecule has 1 aromatic rings. The van der Waals surface area contributed by atoms with Gasteiger partial charge in [0.15, 0.2) is 6.29 Å². The van der Waals surface area contributed by atoms with Crippen LogP contribution in [0.3, 0.4) is 0 Å². The van der Waals surface area contributed by atoms with Crippen LogP contribution in [0.5, 0.6) is 0 Å². The normalized spacial score (nSPS) is 8.70. The van der Waals surface area contributed by atoms with E-state index in [0.717, 1.165) is 0 Å². The lowest BCUT2D eigenvalue weighted by molar-refractivity contribution is 0.112. The highest BCUT2D eigenvalue weighted by molar-refractivity contribution is 7.76. The summed E-state index contributed by atoms with van der Waals surface area (Å²) in [5.74, 6) is 0. The van der Waals surface area contributed by atoms with Gasteiger partial charge in [0.2, 0.25) is 0 Å². The molecule has 0 aliphatic heterocycles. The molecule has 50 valence electrons. The lowest BCUT2D eigenvalue weighted by atomic mass is 10.5. The SMILES string of the molecule is N#Cc1sc(=S)sc1C=O. The van der Waals surface area contributed by atoms with Crippen molar-refractivity contribution in [3.63, 3.8) is 0 Å². The van der Waals surface area contributed by atoms with Crippen molar-refractivity contribution in [3.8, 4) is 6.07 Å². The predicted octanol–water partition coefficient (Wildman–Crippen LogP) is 2.22. The van der Waals surface area contributed by atoms with Crippen molar-refractivity contribution in [1.29, 1.82) is 5.26 Å². The van der Waals surface area contributed by atoms with E-state index in [4.69, 9.17) is 17.5 Å². The summed E-state index contributed by atoms with van der Waals surface area (Å²) >= 11 is 7.14. The first kappa shape index (κ1) is 7.54. The second-order valence-corrected chi connectivity index (χ2v) is 4.63. The molecule has 0 aliphatic carbocycles. The predicted molar refractivity (Wildman–Crippen MR) is 43.1 cm³/mol. The zero-order valence-corrected chi connectivity index (χ0v) is 7.11. The molecule has 0 bridgehead atoms. The van der Waals surface area contributed by atoms with E-state index in [-0.39, 0.29) is 0 Å². The summed E-state index contributed by atoms with van der Waals surface area (Å²) in [7, 11) is 0. The van der Waals surface area contributed by atoms with Gasteiger partial charge < -0.3 is 0 Å². The van der Waals surface area contributed by atoms with Gasteiger partial charge in [-0.25, -0.2) is 0 Å². The average Bonchev–Trinajstić information content (AvgIpc) is 2.30. The molecule has 0 spiro atoms. The van der Waals surface area contributed by atoms with Gasteiger partial charge in [0.1, 0.15) is 14.1 Å². The summed E-state index contributed by atoms with van der Waals surface area (Å²) in [4.78, 5) is 11.1. The van der Waals surface area contributed by atoms with Crippen molar-refractivity contribution < 1.29 is 4.79 Å². The number of hydrogen-bond donors (Lipinski definition) is 0. The molecule has 0 fully saturated rings. The second-order valence-electron chi connectivity index (χ2n) is 1.38. The zero-order chi connectivity index (χ0) is 7.56. The number of aldehydes is 1. The lowest BCUT2D eigenvalue weighted by Crippen LogP contribution is -1.72. The Labute approximate surface area is 70.4 Å². The van der Waals surface area contributed by atoms with Gasteiger partial charge in [0.05, 0.1) is 4.88 Å². The number of nitriles is 1. The van der Waals surface area contributed by atoms with Gasteiger partial charge in [-0.15, -0.1) is 22.7 Å². The minimum Gasteiger partial charge on any atom is -0.297 e. The van der Waals surface area contributed by atoms with Crippen LogP contribution in [0.15, 0.2) is 0 Å². The molecule has 2 nitrogen and oxygen atoms in total. The largest absolute Gasteiger partial charge is 0.297 e. The van der Waals surface area contributed by atoms with Gasteiger partial charge >= 0.3 is 0 Å². The summed E-state index contributed by atoms with van der Waals surface area (Å²) < 4.78 is 0.624. The van der Waals surface area contributed by atoms with Crippen LogP contribution in [0.2, 0.25) is 0 Å².